The van der Waals surface area contributed by atoms with Gasteiger partial charge in [-0.1, -0.05) is 46.9 Å². The minimum absolute atomic E-state index is 0.603. The third kappa shape index (κ3) is 3.59. The number of hydrogen-bond acceptors (Lipinski definition) is 1. The van der Waals surface area contributed by atoms with E-state index >= 15 is 0 Å². The molecule has 21 heavy (non-hydrogen) atoms. The molecule has 0 radical (unpaired) electrons. The third-order valence-electron chi connectivity index (χ3n) is 3.09. The Hall–Kier alpha value is -1.48. The predicted molar refractivity (Wildman–Crippen MR) is 88.3 cm³/mol. The smallest absolute Gasteiger partial charge is 0.110 e. The fourth-order valence-electron chi connectivity index (χ4n) is 2.10. The number of hydrogen-bond donors (Lipinski definition) is 1. The summed E-state index contributed by atoms with van der Waals surface area (Å²) in [6, 6.07) is 13.1. The number of rotatable bonds is 3. The summed E-state index contributed by atoms with van der Waals surface area (Å²) in [5.41, 5.74) is 2.95. The van der Waals surface area contributed by atoms with Crippen LogP contribution in [0.4, 0.5) is 0 Å². The van der Waals surface area contributed by atoms with Gasteiger partial charge < -0.3 is 4.98 Å². The first-order chi connectivity index (χ1) is 10.1. The summed E-state index contributed by atoms with van der Waals surface area (Å²) >= 11 is 17.9. The molecule has 0 atom stereocenters. The highest BCUT2D eigenvalue weighted by Crippen LogP contribution is 2.26. The van der Waals surface area contributed by atoms with Crippen molar-refractivity contribution in [3.05, 3.63) is 75.1 Å². The van der Waals surface area contributed by atoms with Crippen LogP contribution in [0.2, 0.25) is 15.1 Å². The molecule has 0 spiro atoms. The lowest BCUT2D eigenvalue weighted by Crippen LogP contribution is -1.90. The first-order valence-corrected chi connectivity index (χ1v) is 7.48. The molecule has 5 heteroatoms. The van der Waals surface area contributed by atoms with Crippen molar-refractivity contribution in [3.63, 3.8) is 0 Å². The molecule has 2 aromatic carbocycles. The summed E-state index contributed by atoms with van der Waals surface area (Å²) in [6.07, 6.45) is 2.50. The molecule has 3 aromatic rings. The molecular weight excluding hydrogens is 327 g/mol. The molecule has 0 bridgehead atoms. The molecule has 0 aliphatic heterocycles. The van der Waals surface area contributed by atoms with Crippen molar-refractivity contribution < 1.29 is 0 Å². The SMILES string of the molecule is Clc1ccc(Cc2ncc(-c3cc(Cl)cc(Cl)c3)[nH]2)cc1. The van der Waals surface area contributed by atoms with Crippen LogP contribution in [0.25, 0.3) is 11.3 Å². The Balaban J connectivity index is 1.84. The lowest BCUT2D eigenvalue weighted by Gasteiger charge is -2.01. The van der Waals surface area contributed by atoms with E-state index < -0.39 is 0 Å². The minimum atomic E-state index is 0.603. The van der Waals surface area contributed by atoms with Crippen molar-refractivity contribution in [1.29, 1.82) is 0 Å². The van der Waals surface area contributed by atoms with Crippen LogP contribution in [-0.4, -0.2) is 9.97 Å². The van der Waals surface area contributed by atoms with E-state index in [1.165, 1.54) is 0 Å². The van der Waals surface area contributed by atoms with Gasteiger partial charge in [-0.05, 0) is 35.9 Å². The monoisotopic (exact) mass is 336 g/mol. The molecule has 0 aliphatic carbocycles. The maximum absolute atomic E-state index is 6.02. The molecule has 0 saturated heterocycles. The number of aromatic nitrogens is 2. The molecule has 0 unspecified atom stereocenters. The van der Waals surface area contributed by atoms with E-state index in [1.807, 2.05) is 36.4 Å². The number of nitrogens with zero attached hydrogens (tertiary/aromatic N) is 1. The van der Waals surface area contributed by atoms with Crippen LogP contribution in [0.5, 0.6) is 0 Å². The van der Waals surface area contributed by atoms with Crippen molar-refractivity contribution in [3.8, 4) is 11.3 Å². The summed E-state index contributed by atoms with van der Waals surface area (Å²) in [7, 11) is 0. The highest BCUT2D eigenvalue weighted by molar-refractivity contribution is 6.35. The van der Waals surface area contributed by atoms with E-state index in [-0.39, 0.29) is 0 Å². The van der Waals surface area contributed by atoms with Crippen molar-refractivity contribution in [2.45, 2.75) is 6.42 Å². The topological polar surface area (TPSA) is 28.7 Å². The molecule has 1 N–H and O–H groups in total. The zero-order chi connectivity index (χ0) is 14.8. The number of benzene rings is 2. The Morgan fingerprint density at radius 1 is 0.857 bits per heavy atom. The van der Waals surface area contributed by atoms with Gasteiger partial charge in [0.15, 0.2) is 0 Å². The Bertz CT molecular complexity index is 743. The zero-order valence-electron chi connectivity index (χ0n) is 10.9. The van der Waals surface area contributed by atoms with Crippen molar-refractivity contribution in [2.75, 3.05) is 0 Å². The summed E-state index contributed by atoms with van der Waals surface area (Å²) in [4.78, 5) is 7.68. The predicted octanol–water partition coefficient (Wildman–Crippen LogP) is 5.63. The van der Waals surface area contributed by atoms with Gasteiger partial charge in [-0.3, -0.25) is 0 Å². The van der Waals surface area contributed by atoms with Gasteiger partial charge in [0, 0.05) is 27.1 Å². The second-order valence-electron chi connectivity index (χ2n) is 4.70. The standard InChI is InChI=1S/C16H11Cl3N2/c17-12-3-1-10(2-4-12)5-16-20-9-15(21-16)11-6-13(18)8-14(19)7-11/h1-4,6-9H,5H2,(H,20,21). The second-order valence-corrected chi connectivity index (χ2v) is 6.01. The molecule has 0 aliphatic rings. The van der Waals surface area contributed by atoms with Crippen molar-refractivity contribution in [2.24, 2.45) is 0 Å². The van der Waals surface area contributed by atoms with Crippen molar-refractivity contribution in [1.82, 2.24) is 9.97 Å². The summed E-state index contributed by atoms with van der Waals surface area (Å²) in [5.74, 6) is 0.878. The number of aromatic amines is 1. The van der Waals surface area contributed by atoms with Gasteiger partial charge in [-0.25, -0.2) is 4.98 Å². The molecule has 2 nitrogen and oxygen atoms in total. The van der Waals surface area contributed by atoms with Crippen molar-refractivity contribution >= 4 is 34.8 Å². The number of halogens is 3. The molecule has 1 heterocycles. The van der Waals surface area contributed by atoms with E-state index in [1.54, 1.807) is 12.3 Å². The maximum atomic E-state index is 6.02. The van der Waals surface area contributed by atoms with Gasteiger partial charge in [0.05, 0.1) is 11.9 Å². The van der Waals surface area contributed by atoms with Crippen LogP contribution in [0.15, 0.2) is 48.7 Å². The normalized spacial score (nSPS) is 10.8. The van der Waals surface area contributed by atoms with Crippen LogP contribution in [0.1, 0.15) is 11.4 Å². The molecule has 1 aromatic heterocycles. The lowest BCUT2D eigenvalue weighted by atomic mass is 10.1. The summed E-state index contributed by atoms with van der Waals surface area (Å²) in [6.45, 7) is 0. The molecular formula is C16H11Cl3N2. The van der Waals surface area contributed by atoms with Crippen LogP contribution in [0, 0.1) is 0 Å². The van der Waals surface area contributed by atoms with Gasteiger partial charge in [0.1, 0.15) is 5.82 Å². The second kappa shape index (κ2) is 6.10. The number of imidazole rings is 1. The van der Waals surface area contributed by atoms with Crippen LogP contribution < -0.4 is 0 Å². The maximum Gasteiger partial charge on any atom is 0.110 e. The lowest BCUT2D eigenvalue weighted by molar-refractivity contribution is 1.03. The average molecular weight is 338 g/mol. The number of nitrogens with one attached hydrogen (secondary N) is 1. The largest absolute Gasteiger partial charge is 0.342 e. The highest BCUT2D eigenvalue weighted by atomic mass is 35.5. The number of H-pyrrole nitrogens is 1. The van der Waals surface area contributed by atoms with Gasteiger partial charge in [-0.15, -0.1) is 0 Å². The van der Waals surface area contributed by atoms with Gasteiger partial charge >= 0.3 is 0 Å². The third-order valence-corrected chi connectivity index (χ3v) is 3.78. The van der Waals surface area contributed by atoms with Gasteiger partial charge in [0.2, 0.25) is 0 Å². The van der Waals surface area contributed by atoms with Gasteiger partial charge in [0.25, 0.3) is 0 Å². The van der Waals surface area contributed by atoms with Crippen LogP contribution in [0.3, 0.4) is 0 Å². The Labute approximate surface area is 137 Å². The minimum Gasteiger partial charge on any atom is -0.342 e. The highest BCUT2D eigenvalue weighted by Gasteiger charge is 2.06. The zero-order valence-corrected chi connectivity index (χ0v) is 13.2. The van der Waals surface area contributed by atoms with Crippen LogP contribution in [-0.2, 0) is 6.42 Å². The fourth-order valence-corrected chi connectivity index (χ4v) is 2.76. The van der Waals surface area contributed by atoms with E-state index in [0.717, 1.165) is 27.7 Å². The molecule has 0 fully saturated rings. The van der Waals surface area contributed by atoms with E-state index in [2.05, 4.69) is 9.97 Å². The average Bonchev–Trinajstić information content (AvgIpc) is 2.89. The van der Waals surface area contributed by atoms with Gasteiger partial charge in [-0.2, -0.15) is 0 Å². The Kier molecular flexibility index (Phi) is 4.20. The Morgan fingerprint density at radius 3 is 2.19 bits per heavy atom. The molecule has 3 rings (SSSR count). The first kappa shape index (κ1) is 14.5. The molecule has 106 valence electrons. The van der Waals surface area contributed by atoms with Crippen LogP contribution >= 0.6 is 34.8 Å². The molecule has 0 amide bonds. The van der Waals surface area contributed by atoms with E-state index in [4.69, 9.17) is 34.8 Å². The Morgan fingerprint density at radius 2 is 1.52 bits per heavy atom. The van der Waals surface area contributed by atoms with E-state index in [9.17, 15) is 0 Å². The fraction of sp³-hybridized carbons (Fsp3) is 0.0625. The quantitative estimate of drug-likeness (QED) is 0.659. The van der Waals surface area contributed by atoms with E-state index in [0.29, 0.717) is 16.5 Å². The summed E-state index contributed by atoms with van der Waals surface area (Å²) in [5, 5.41) is 1.94. The molecule has 0 saturated carbocycles. The first-order valence-electron chi connectivity index (χ1n) is 6.35. The summed E-state index contributed by atoms with van der Waals surface area (Å²) < 4.78 is 0.